The predicted molar refractivity (Wildman–Crippen MR) is 63.4 cm³/mol. The van der Waals surface area contributed by atoms with Crippen LogP contribution in [0.5, 0.6) is 0 Å². The van der Waals surface area contributed by atoms with E-state index in [0.717, 1.165) is 11.8 Å². The van der Waals surface area contributed by atoms with Gasteiger partial charge in [0.05, 0.1) is 0 Å². The molecule has 0 aliphatic heterocycles. The Labute approximate surface area is 89.0 Å². The van der Waals surface area contributed by atoms with E-state index in [1.54, 1.807) is 0 Å². The molecule has 1 N–H and O–H groups in total. The number of rotatable bonds is 5. The van der Waals surface area contributed by atoms with Crippen molar-refractivity contribution in [1.29, 1.82) is 0 Å². The van der Waals surface area contributed by atoms with Gasteiger partial charge < -0.3 is 5.32 Å². The van der Waals surface area contributed by atoms with E-state index >= 15 is 0 Å². The molecule has 0 aromatic rings. The largest absolute Gasteiger partial charge is 0.312 e. The van der Waals surface area contributed by atoms with Crippen molar-refractivity contribution < 1.29 is 0 Å². The van der Waals surface area contributed by atoms with Crippen LogP contribution < -0.4 is 5.32 Å². The quantitative estimate of drug-likeness (QED) is 0.663. The Hall–Kier alpha value is -0.300. The summed E-state index contributed by atoms with van der Waals surface area (Å²) in [5.41, 5.74) is 0.276. The molecule has 1 aliphatic carbocycles. The molecular formula is C13H25N. The Bertz CT molecular complexity index is 178. The Morgan fingerprint density at radius 3 is 2.36 bits per heavy atom. The lowest BCUT2D eigenvalue weighted by molar-refractivity contribution is 0.151. The molecule has 2 atom stereocenters. The van der Waals surface area contributed by atoms with Crippen molar-refractivity contribution in [1.82, 2.24) is 5.32 Å². The lowest BCUT2D eigenvalue weighted by Gasteiger charge is -2.38. The van der Waals surface area contributed by atoms with Crippen LogP contribution in [0.1, 0.15) is 46.5 Å². The van der Waals surface area contributed by atoms with E-state index in [4.69, 9.17) is 0 Å². The highest BCUT2D eigenvalue weighted by molar-refractivity contribution is 4.86. The second kappa shape index (κ2) is 4.97. The summed E-state index contributed by atoms with van der Waals surface area (Å²) >= 11 is 0. The smallest absolute Gasteiger partial charge is 0.00966 e. The maximum atomic E-state index is 3.79. The molecule has 0 aromatic carbocycles. The molecule has 1 nitrogen and oxygen atoms in total. The van der Waals surface area contributed by atoms with Gasteiger partial charge in [0.25, 0.3) is 0 Å². The third-order valence-electron chi connectivity index (χ3n) is 3.21. The third kappa shape index (κ3) is 3.83. The topological polar surface area (TPSA) is 12.0 Å². The van der Waals surface area contributed by atoms with Crippen LogP contribution in [0.25, 0.3) is 0 Å². The van der Waals surface area contributed by atoms with Crippen LogP contribution in [-0.4, -0.2) is 12.1 Å². The van der Waals surface area contributed by atoms with E-state index in [-0.39, 0.29) is 5.54 Å². The number of allylic oxidation sites excluding steroid dienone is 1. The zero-order valence-corrected chi connectivity index (χ0v) is 9.97. The van der Waals surface area contributed by atoms with E-state index in [9.17, 15) is 0 Å². The van der Waals surface area contributed by atoms with Gasteiger partial charge in [-0.2, -0.15) is 0 Å². The Morgan fingerprint density at radius 1 is 1.29 bits per heavy atom. The molecule has 82 valence electrons. The van der Waals surface area contributed by atoms with Crippen LogP contribution in [0.2, 0.25) is 0 Å². The molecule has 0 radical (unpaired) electrons. The van der Waals surface area contributed by atoms with Crippen molar-refractivity contribution in [3.8, 4) is 0 Å². The molecule has 0 spiro atoms. The summed E-state index contributed by atoms with van der Waals surface area (Å²) in [5.74, 6) is 1.89. The summed E-state index contributed by atoms with van der Waals surface area (Å²) < 4.78 is 0. The maximum absolute atomic E-state index is 3.79. The SMILES string of the molecule is C=CCCC1CCC1CNC(C)(C)C. The molecule has 0 heterocycles. The van der Waals surface area contributed by atoms with E-state index in [2.05, 4.69) is 32.7 Å². The van der Waals surface area contributed by atoms with Gasteiger partial charge in [-0.25, -0.2) is 0 Å². The summed E-state index contributed by atoms with van der Waals surface area (Å²) in [4.78, 5) is 0. The molecule has 1 aliphatic rings. The summed E-state index contributed by atoms with van der Waals surface area (Å²) in [6.07, 6.45) is 7.44. The fourth-order valence-electron chi connectivity index (χ4n) is 2.06. The van der Waals surface area contributed by atoms with Gasteiger partial charge in [0.2, 0.25) is 0 Å². The first kappa shape index (κ1) is 11.8. The van der Waals surface area contributed by atoms with Crippen molar-refractivity contribution in [2.24, 2.45) is 11.8 Å². The normalized spacial score (nSPS) is 27.1. The Morgan fingerprint density at radius 2 is 1.93 bits per heavy atom. The van der Waals surface area contributed by atoms with Crippen molar-refractivity contribution >= 4 is 0 Å². The molecule has 1 fully saturated rings. The molecule has 1 heteroatoms. The molecule has 1 saturated carbocycles. The monoisotopic (exact) mass is 195 g/mol. The average molecular weight is 195 g/mol. The van der Waals surface area contributed by atoms with Crippen LogP contribution in [0.4, 0.5) is 0 Å². The first-order valence-electron chi connectivity index (χ1n) is 5.89. The first-order valence-corrected chi connectivity index (χ1v) is 5.89. The number of hydrogen-bond acceptors (Lipinski definition) is 1. The van der Waals surface area contributed by atoms with Gasteiger partial charge in [0.1, 0.15) is 0 Å². The van der Waals surface area contributed by atoms with Gasteiger partial charge in [-0.05, 0) is 64.8 Å². The number of hydrogen-bond donors (Lipinski definition) is 1. The lowest BCUT2D eigenvalue weighted by atomic mass is 9.71. The Kier molecular flexibility index (Phi) is 4.18. The van der Waals surface area contributed by atoms with E-state index in [0.29, 0.717) is 0 Å². The van der Waals surface area contributed by atoms with Crippen LogP contribution in [0.3, 0.4) is 0 Å². The van der Waals surface area contributed by atoms with Crippen LogP contribution in [0, 0.1) is 11.8 Å². The van der Waals surface area contributed by atoms with Crippen LogP contribution >= 0.6 is 0 Å². The standard InChI is InChI=1S/C13H25N/c1-5-6-7-11-8-9-12(11)10-14-13(2,3)4/h5,11-12,14H,1,6-10H2,2-4H3. The minimum atomic E-state index is 0.276. The summed E-state index contributed by atoms with van der Waals surface area (Å²) in [7, 11) is 0. The van der Waals surface area contributed by atoms with Crippen molar-refractivity contribution in [2.45, 2.75) is 52.0 Å². The second-order valence-electron chi connectivity index (χ2n) is 5.59. The highest BCUT2D eigenvalue weighted by Crippen LogP contribution is 2.37. The highest BCUT2D eigenvalue weighted by Gasteiger charge is 2.30. The summed E-state index contributed by atoms with van der Waals surface area (Å²) in [6, 6.07) is 0. The molecule has 0 aromatic heterocycles. The van der Waals surface area contributed by atoms with Gasteiger partial charge in [-0.15, -0.1) is 6.58 Å². The summed E-state index contributed by atoms with van der Waals surface area (Å²) in [6.45, 7) is 11.7. The van der Waals surface area contributed by atoms with Crippen molar-refractivity contribution in [2.75, 3.05) is 6.54 Å². The minimum Gasteiger partial charge on any atom is -0.312 e. The lowest BCUT2D eigenvalue weighted by Crippen LogP contribution is -2.43. The molecule has 0 bridgehead atoms. The van der Waals surface area contributed by atoms with E-state index in [1.165, 1.54) is 32.2 Å². The fourth-order valence-corrected chi connectivity index (χ4v) is 2.06. The highest BCUT2D eigenvalue weighted by atomic mass is 14.9. The van der Waals surface area contributed by atoms with Crippen molar-refractivity contribution in [3.05, 3.63) is 12.7 Å². The van der Waals surface area contributed by atoms with Gasteiger partial charge in [0.15, 0.2) is 0 Å². The number of nitrogens with one attached hydrogen (secondary N) is 1. The van der Waals surface area contributed by atoms with Gasteiger partial charge >= 0.3 is 0 Å². The molecule has 1 rings (SSSR count). The van der Waals surface area contributed by atoms with Crippen molar-refractivity contribution in [3.63, 3.8) is 0 Å². The maximum Gasteiger partial charge on any atom is 0.00966 e. The third-order valence-corrected chi connectivity index (χ3v) is 3.21. The molecule has 0 amide bonds. The zero-order valence-electron chi connectivity index (χ0n) is 9.97. The minimum absolute atomic E-state index is 0.276. The molecule has 2 unspecified atom stereocenters. The van der Waals surface area contributed by atoms with Gasteiger partial charge in [-0.3, -0.25) is 0 Å². The zero-order chi connectivity index (χ0) is 10.6. The van der Waals surface area contributed by atoms with Crippen LogP contribution in [0.15, 0.2) is 12.7 Å². The van der Waals surface area contributed by atoms with Crippen LogP contribution in [-0.2, 0) is 0 Å². The molecular weight excluding hydrogens is 170 g/mol. The first-order chi connectivity index (χ1) is 6.53. The summed E-state index contributed by atoms with van der Waals surface area (Å²) in [5, 5.41) is 3.60. The predicted octanol–water partition coefficient (Wildman–Crippen LogP) is 3.37. The van der Waals surface area contributed by atoms with E-state index < -0.39 is 0 Å². The second-order valence-corrected chi connectivity index (χ2v) is 5.59. The molecule has 0 saturated heterocycles. The van der Waals surface area contributed by atoms with Gasteiger partial charge in [0, 0.05) is 5.54 Å². The van der Waals surface area contributed by atoms with E-state index in [1.807, 2.05) is 6.08 Å². The molecule has 14 heavy (non-hydrogen) atoms. The average Bonchev–Trinajstić information content (AvgIpc) is 2.01. The Balaban J connectivity index is 2.16. The fraction of sp³-hybridized carbons (Fsp3) is 0.846. The van der Waals surface area contributed by atoms with Gasteiger partial charge in [-0.1, -0.05) is 6.08 Å².